The second kappa shape index (κ2) is 5.57. The summed E-state index contributed by atoms with van der Waals surface area (Å²) in [5, 5.41) is 14.3. The third-order valence-electron chi connectivity index (χ3n) is 2.76. The summed E-state index contributed by atoms with van der Waals surface area (Å²) in [7, 11) is 0. The number of aromatic nitrogens is 2. The van der Waals surface area contributed by atoms with Gasteiger partial charge in [-0.25, -0.2) is 0 Å². The number of hydrogen-bond acceptors (Lipinski definition) is 5. The third-order valence-corrected chi connectivity index (χ3v) is 2.76. The zero-order chi connectivity index (χ0) is 13.4. The molecule has 0 amide bonds. The predicted molar refractivity (Wildman–Crippen MR) is 58.2 cm³/mol. The number of ether oxygens (including phenoxy) is 2. The second-order valence-corrected chi connectivity index (χ2v) is 3.95. The summed E-state index contributed by atoms with van der Waals surface area (Å²) >= 11 is 0. The van der Waals surface area contributed by atoms with Crippen molar-refractivity contribution in [2.45, 2.75) is 6.54 Å². The molecule has 1 aliphatic heterocycles. The van der Waals surface area contributed by atoms with Crippen LogP contribution in [0.1, 0.15) is 16.1 Å². The van der Waals surface area contributed by atoms with Crippen LogP contribution in [0.2, 0.25) is 0 Å². The van der Waals surface area contributed by atoms with Crippen LogP contribution in [0.15, 0.2) is 24.3 Å². The number of rotatable bonds is 3. The normalized spacial score (nSPS) is 12.1. The minimum absolute atomic E-state index is 0. The fraction of sp³-hybridized carbons (Fsp3) is 0.167. The molecule has 0 saturated carbocycles. The van der Waals surface area contributed by atoms with E-state index in [4.69, 9.17) is 9.47 Å². The summed E-state index contributed by atoms with van der Waals surface area (Å²) in [6.07, 6.45) is 0. The average Bonchev–Trinajstić information content (AvgIpc) is 2.96. The number of carboxylic acids is 1. The Morgan fingerprint density at radius 2 is 2.25 bits per heavy atom. The monoisotopic (exact) mass is 270 g/mol. The maximum absolute atomic E-state index is 13.0. The van der Waals surface area contributed by atoms with Crippen molar-refractivity contribution < 1.29 is 42.6 Å². The van der Waals surface area contributed by atoms with Gasteiger partial charge < -0.3 is 19.4 Å². The van der Waals surface area contributed by atoms with Crippen molar-refractivity contribution in [1.82, 2.24) is 9.78 Å². The number of carbonyl (C=O) groups excluding carboxylic acids is 1. The molecule has 0 fully saturated rings. The van der Waals surface area contributed by atoms with Crippen molar-refractivity contribution in [2.75, 3.05) is 6.79 Å². The number of fused-ring (bicyclic) bond motifs is 1. The van der Waals surface area contributed by atoms with E-state index in [9.17, 15) is 14.3 Å². The van der Waals surface area contributed by atoms with E-state index >= 15 is 0 Å². The van der Waals surface area contributed by atoms with Crippen LogP contribution < -0.4 is 33.4 Å². The van der Waals surface area contributed by atoms with E-state index in [1.54, 1.807) is 18.2 Å². The first-order chi connectivity index (χ1) is 9.15. The van der Waals surface area contributed by atoms with Crippen LogP contribution in [0.5, 0.6) is 11.5 Å². The number of nitrogens with zero attached hydrogens (tertiary/aromatic N) is 2. The van der Waals surface area contributed by atoms with Crippen LogP contribution in [-0.2, 0) is 6.54 Å². The fourth-order valence-electron chi connectivity index (χ4n) is 1.95. The molecule has 3 rings (SSSR count). The molecule has 1 aromatic heterocycles. The predicted octanol–water partition coefficient (Wildman–Crippen LogP) is -2.83. The number of hydrogen-bond donors (Lipinski definition) is 0. The first-order valence-corrected chi connectivity index (χ1v) is 5.47. The first-order valence-electron chi connectivity index (χ1n) is 5.47. The maximum Gasteiger partial charge on any atom is 1.00 e. The van der Waals surface area contributed by atoms with E-state index in [-0.39, 0.29) is 37.9 Å². The number of halogens is 1. The molecule has 20 heavy (non-hydrogen) atoms. The van der Waals surface area contributed by atoms with E-state index in [0.29, 0.717) is 17.1 Å². The summed E-state index contributed by atoms with van der Waals surface area (Å²) in [6.45, 7) is 0.160. The molecule has 2 aromatic rings. The van der Waals surface area contributed by atoms with Crippen molar-refractivity contribution in [1.29, 1.82) is 0 Å². The number of aromatic carboxylic acids is 1. The van der Waals surface area contributed by atoms with Gasteiger partial charge in [0.2, 0.25) is 12.7 Å². The van der Waals surface area contributed by atoms with Gasteiger partial charge in [-0.15, -0.1) is 5.10 Å². The van der Waals surface area contributed by atoms with Crippen molar-refractivity contribution in [2.24, 2.45) is 0 Å². The van der Waals surface area contributed by atoms with Gasteiger partial charge in [-0.3, -0.25) is 4.68 Å². The van der Waals surface area contributed by atoms with Crippen LogP contribution in [-0.4, -0.2) is 22.5 Å². The Morgan fingerprint density at radius 3 is 3.00 bits per heavy atom. The van der Waals surface area contributed by atoms with Gasteiger partial charge >= 0.3 is 18.9 Å². The summed E-state index contributed by atoms with van der Waals surface area (Å²) in [4.78, 5) is 10.9. The zero-order valence-electron chi connectivity index (χ0n) is 10.6. The molecule has 0 saturated heterocycles. The van der Waals surface area contributed by atoms with E-state index < -0.39 is 11.9 Å². The van der Waals surface area contributed by atoms with Gasteiger partial charge in [-0.2, -0.15) is 4.39 Å². The Labute approximate surface area is 125 Å². The van der Waals surface area contributed by atoms with Gasteiger partial charge in [0.05, 0.1) is 18.2 Å². The van der Waals surface area contributed by atoms with Gasteiger partial charge in [0.1, 0.15) is 0 Å². The molecule has 0 spiro atoms. The Balaban J connectivity index is 0.00000147. The van der Waals surface area contributed by atoms with E-state index in [0.717, 1.165) is 10.7 Å². The van der Waals surface area contributed by atoms with E-state index in [2.05, 4.69) is 5.10 Å². The molecule has 0 atom stereocenters. The van der Waals surface area contributed by atoms with Crippen molar-refractivity contribution in [3.63, 3.8) is 0 Å². The molecule has 0 aliphatic carbocycles. The Bertz CT molecular complexity index is 659. The van der Waals surface area contributed by atoms with Crippen LogP contribution in [0.4, 0.5) is 4.39 Å². The molecule has 8 heteroatoms. The molecule has 1 aromatic carbocycles. The minimum Gasteiger partial charge on any atom is -0.543 e. The van der Waals surface area contributed by atoms with Crippen LogP contribution in [0, 0.1) is 5.95 Å². The zero-order valence-corrected chi connectivity index (χ0v) is 10.6. The van der Waals surface area contributed by atoms with Crippen LogP contribution in [0.3, 0.4) is 0 Å². The molecule has 6 nitrogen and oxygen atoms in total. The summed E-state index contributed by atoms with van der Waals surface area (Å²) in [5.74, 6) is -1.27. The minimum atomic E-state index is -1.49. The van der Waals surface area contributed by atoms with Gasteiger partial charge in [0, 0.05) is 11.6 Å². The molecular formula is C12H8FLiN2O4. The van der Waals surface area contributed by atoms with Crippen LogP contribution in [0.25, 0.3) is 0 Å². The number of carboxylic acid groups (broad SMARTS) is 1. The molecule has 0 radical (unpaired) electrons. The Hall–Kier alpha value is -1.97. The molecule has 0 N–H and O–H groups in total. The van der Waals surface area contributed by atoms with Gasteiger partial charge in [0.15, 0.2) is 11.5 Å². The number of benzene rings is 1. The number of carbonyl (C=O) groups is 1. The van der Waals surface area contributed by atoms with Gasteiger partial charge in [-0.05, 0) is 6.07 Å². The summed E-state index contributed by atoms with van der Waals surface area (Å²) in [6, 6.07) is 6.01. The largest absolute Gasteiger partial charge is 1.00 e. The number of para-hydroxylation sites is 1. The van der Waals surface area contributed by atoms with E-state index in [1.165, 1.54) is 0 Å². The molecule has 0 unspecified atom stereocenters. The molecule has 1 aliphatic rings. The molecular weight excluding hydrogens is 262 g/mol. The second-order valence-electron chi connectivity index (χ2n) is 3.95. The third kappa shape index (κ3) is 2.50. The molecule has 0 bridgehead atoms. The summed E-state index contributed by atoms with van der Waals surface area (Å²) < 4.78 is 24.6. The fourth-order valence-corrected chi connectivity index (χ4v) is 1.95. The van der Waals surface area contributed by atoms with E-state index in [1.807, 2.05) is 0 Å². The Morgan fingerprint density at radius 1 is 1.45 bits per heavy atom. The standard InChI is InChI=1S/C12H9FN2O4.Li/c13-10-4-8(12(16)17)15(14-10)5-7-2-1-3-9-11(7)19-6-18-9;/h1-4H,5-6H2,(H,16,17);/q;+1/p-1. The maximum atomic E-state index is 13.0. The molecule has 2 heterocycles. The van der Waals surface area contributed by atoms with Crippen molar-refractivity contribution in [3.8, 4) is 11.5 Å². The van der Waals surface area contributed by atoms with Crippen molar-refractivity contribution in [3.05, 3.63) is 41.5 Å². The first kappa shape index (κ1) is 14.4. The quantitative estimate of drug-likeness (QED) is 0.562. The molecule has 98 valence electrons. The van der Waals surface area contributed by atoms with Gasteiger partial charge in [0.25, 0.3) is 0 Å². The van der Waals surface area contributed by atoms with Crippen molar-refractivity contribution >= 4 is 5.97 Å². The average molecular weight is 270 g/mol. The van der Waals surface area contributed by atoms with Crippen LogP contribution >= 0.6 is 0 Å². The Kier molecular flexibility index (Phi) is 4.02. The van der Waals surface area contributed by atoms with Gasteiger partial charge in [-0.1, -0.05) is 12.1 Å². The summed E-state index contributed by atoms with van der Waals surface area (Å²) in [5.41, 5.74) is 0.328. The topological polar surface area (TPSA) is 76.4 Å². The SMILES string of the molecule is O=C([O-])c1cc(F)nn1Cc1cccc2c1OCO2.[Li+]. The smallest absolute Gasteiger partial charge is 0.543 e.